The lowest BCUT2D eigenvalue weighted by Gasteiger charge is -2.55. The van der Waals surface area contributed by atoms with Crippen LogP contribution >= 0.6 is 0 Å². The van der Waals surface area contributed by atoms with Crippen LogP contribution in [0.4, 0.5) is 5.82 Å². The third-order valence-electron chi connectivity index (χ3n) is 5.98. The van der Waals surface area contributed by atoms with E-state index in [9.17, 15) is 0 Å². The number of nitrogens with zero attached hydrogens (tertiary/aromatic N) is 5. The SMILES string of the molecule is CC(C)c1n[nH]c2ccc(-c3cnc4ccc(N5CC6(COC6)C5)nn34)cc12. The molecule has 0 unspecified atom stereocenters. The standard InChI is InChI=1S/C21H22N6O/c1-13(2)20-15-7-14(3-4-16(15)23-24-20)17-8-22-18-5-6-19(25-27(17)18)26-9-21(10-26)11-28-12-21/h3-8,13H,9-12H2,1-2H3,(H,23,24). The molecule has 1 spiro atoms. The van der Waals surface area contributed by atoms with Crippen LogP contribution in [0.1, 0.15) is 25.5 Å². The Labute approximate surface area is 162 Å². The Balaban J connectivity index is 1.41. The fraction of sp³-hybridized carbons (Fsp3) is 0.381. The number of anilines is 1. The lowest BCUT2D eigenvalue weighted by atomic mass is 9.78. The zero-order valence-electron chi connectivity index (χ0n) is 16.0. The highest BCUT2D eigenvalue weighted by molar-refractivity contribution is 5.86. The molecule has 142 valence electrons. The molecule has 2 aliphatic rings. The molecule has 2 saturated heterocycles. The molecule has 0 amide bonds. The van der Waals surface area contributed by atoms with Crippen LogP contribution in [0, 0.1) is 5.41 Å². The first-order valence-corrected chi connectivity index (χ1v) is 9.78. The van der Waals surface area contributed by atoms with Crippen LogP contribution in [0.15, 0.2) is 36.5 Å². The van der Waals surface area contributed by atoms with Crippen LogP contribution in [-0.2, 0) is 4.74 Å². The fourth-order valence-electron chi connectivity index (χ4n) is 4.36. The Hall–Kier alpha value is -2.93. The van der Waals surface area contributed by atoms with Gasteiger partial charge in [0.2, 0.25) is 0 Å². The molecule has 2 fully saturated rings. The number of fused-ring (bicyclic) bond motifs is 2. The molecule has 1 N–H and O–H groups in total. The van der Waals surface area contributed by atoms with E-state index in [0.29, 0.717) is 11.3 Å². The summed E-state index contributed by atoms with van der Waals surface area (Å²) in [5, 5.41) is 13.7. The Kier molecular flexibility index (Phi) is 3.18. The highest BCUT2D eigenvalue weighted by Crippen LogP contribution is 2.39. The molecule has 7 heteroatoms. The van der Waals surface area contributed by atoms with Gasteiger partial charge >= 0.3 is 0 Å². The van der Waals surface area contributed by atoms with Crippen LogP contribution in [0.2, 0.25) is 0 Å². The summed E-state index contributed by atoms with van der Waals surface area (Å²) in [6, 6.07) is 10.5. The predicted molar refractivity (Wildman–Crippen MR) is 108 cm³/mol. The van der Waals surface area contributed by atoms with E-state index in [1.165, 1.54) is 0 Å². The number of hydrogen-bond acceptors (Lipinski definition) is 5. The van der Waals surface area contributed by atoms with E-state index in [4.69, 9.17) is 9.84 Å². The maximum atomic E-state index is 5.38. The van der Waals surface area contributed by atoms with Crippen molar-refractivity contribution in [2.75, 3.05) is 31.2 Å². The first kappa shape index (κ1) is 16.1. The summed E-state index contributed by atoms with van der Waals surface area (Å²) in [5.41, 5.74) is 5.47. The molecule has 2 aliphatic heterocycles. The summed E-state index contributed by atoms with van der Waals surface area (Å²) >= 11 is 0. The monoisotopic (exact) mass is 374 g/mol. The summed E-state index contributed by atoms with van der Waals surface area (Å²) in [4.78, 5) is 6.88. The van der Waals surface area contributed by atoms with Crippen LogP contribution in [0.3, 0.4) is 0 Å². The molecule has 6 rings (SSSR count). The van der Waals surface area contributed by atoms with Gasteiger partial charge in [0, 0.05) is 24.0 Å². The van der Waals surface area contributed by atoms with Gasteiger partial charge in [0.25, 0.3) is 0 Å². The lowest BCUT2D eigenvalue weighted by molar-refractivity contribution is -0.127. The van der Waals surface area contributed by atoms with Crippen molar-refractivity contribution < 1.29 is 4.74 Å². The maximum absolute atomic E-state index is 5.38. The van der Waals surface area contributed by atoms with E-state index >= 15 is 0 Å². The topological polar surface area (TPSA) is 71.3 Å². The number of imidazole rings is 1. The number of aromatic amines is 1. The van der Waals surface area contributed by atoms with Crippen molar-refractivity contribution >= 4 is 22.4 Å². The number of nitrogens with one attached hydrogen (secondary N) is 1. The molecule has 28 heavy (non-hydrogen) atoms. The quantitative estimate of drug-likeness (QED) is 0.596. The molecule has 0 atom stereocenters. The first-order valence-electron chi connectivity index (χ1n) is 9.78. The lowest BCUT2D eigenvalue weighted by Crippen LogP contribution is -2.66. The van der Waals surface area contributed by atoms with Gasteiger partial charge < -0.3 is 9.64 Å². The van der Waals surface area contributed by atoms with Crippen molar-refractivity contribution in [2.24, 2.45) is 5.41 Å². The second kappa shape index (κ2) is 5.54. The predicted octanol–water partition coefficient (Wildman–Crippen LogP) is 3.23. The molecular weight excluding hydrogens is 352 g/mol. The van der Waals surface area contributed by atoms with Gasteiger partial charge in [-0.25, -0.2) is 9.50 Å². The molecule has 0 radical (unpaired) electrons. The summed E-state index contributed by atoms with van der Waals surface area (Å²) in [7, 11) is 0. The number of benzene rings is 1. The first-order chi connectivity index (χ1) is 13.6. The van der Waals surface area contributed by atoms with Gasteiger partial charge in [0.1, 0.15) is 5.82 Å². The highest BCUT2D eigenvalue weighted by atomic mass is 16.5. The van der Waals surface area contributed by atoms with Gasteiger partial charge in [-0.2, -0.15) is 5.10 Å². The molecule has 0 saturated carbocycles. The summed E-state index contributed by atoms with van der Waals surface area (Å²) < 4.78 is 7.34. The van der Waals surface area contributed by atoms with Gasteiger partial charge in [-0.1, -0.05) is 19.9 Å². The van der Waals surface area contributed by atoms with Crippen LogP contribution in [-0.4, -0.2) is 51.1 Å². The smallest absolute Gasteiger partial charge is 0.154 e. The minimum atomic E-state index is 0.366. The van der Waals surface area contributed by atoms with Crippen molar-refractivity contribution in [1.82, 2.24) is 24.8 Å². The van der Waals surface area contributed by atoms with Gasteiger partial charge in [-0.3, -0.25) is 5.10 Å². The minimum absolute atomic E-state index is 0.366. The number of rotatable bonds is 3. The third-order valence-corrected chi connectivity index (χ3v) is 5.98. The van der Waals surface area contributed by atoms with Crippen molar-refractivity contribution in [2.45, 2.75) is 19.8 Å². The summed E-state index contributed by atoms with van der Waals surface area (Å²) in [6.07, 6.45) is 1.90. The zero-order chi connectivity index (χ0) is 18.9. The largest absolute Gasteiger partial charge is 0.380 e. The van der Waals surface area contributed by atoms with Gasteiger partial charge in [-0.05, 0) is 30.2 Å². The third kappa shape index (κ3) is 2.22. The molecular formula is C21H22N6O. The summed E-state index contributed by atoms with van der Waals surface area (Å²) in [6.45, 7) is 8.13. The number of hydrogen-bond donors (Lipinski definition) is 1. The molecule has 4 aromatic rings. The number of ether oxygens (including phenoxy) is 1. The molecule has 1 aromatic carbocycles. The fourth-order valence-corrected chi connectivity index (χ4v) is 4.36. The van der Waals surface area contributed by atoms with Gasteiger partial charge in [-0.15, -0.1) is 5.10 Å². The van der Waals surface area contributed by atoms with E-state index in [0.717, 1.165) is 65.6 Å². The van der Waals surface area contributed by atoms with Crippen molar-refractivity contribution in [3.8, 4) is 11.3 Å². The molecule has 0 bridgehead atoms. The van der Waals surface area contributed by atoms with Crippen molar-refractivity contribution in [3.05, 3.63) is 42.2 Å². The number of aromatic nitrogens is 5. The second-order valence-electron chi connectivity index (χ2n) is 8.48. The van der Waals surface area contributed by atoms with E-state index in [1.54, 1.807) is 0 Å². The Morgan fingerprint density at radius 1 is 1.14 bits per heavy atom. The molecule has 7 nitrogen and oxygen atoms in total. The average molecular weight is 374 g/mol. The van der Waals surface area contributed by atoms with E-state index in [1.807, 2.05) is 16.8 Å². The van der Waals surface area contributed by atoms with E-state index in [2.05, 4.69) is 58.2 Å². The van der Waals surface area contributed by atoms with Crippen LogP contribution in [0.5, 0.6) is 0 Å². The summed E-state index contributed by atoms with van der Waals surface area (Å²) in [5.74, 6) is 1.36. The van der Waals surface area contributed by atoms with E-state index in [-0.39, 0.29) is 0 Å². The van der Waals surface area contributed by atoms with Crippen molar-refractivity contribution in [3.63, 3.8) is 0 Å². The minimum Gasteiger partial charge on any atom is -0.380 e. The van der Waals surface area contributed by atoms with Crippen LogP contribution < -0.4 is 4.90 Å². The van der Waals surface area contributed by atoms with Crippen LogP contribution in [0.25, 0.3) is 27.8 Å². The van der Waals surface area contributed by atoms with Gasteiger partial charge in [0.15, 0.2) is 5.65 Å². The second-order valence-corrected chi connectivity index (χ2v) is 8.48. The highest BCUT2D eigenvalue weighted by Gasteiger charge is 2.49. The number of H-pyrrole nitrogens is 1. The molecule has 5 heterocycles. The average Bonchev–Trinajstić information content (AvgIpc) is 3.22. The Morgan fingerprint density at radius 3 is 2.75 bits per heavy atom. The zero-order valence-corrected chi connectivity index (χ0v) is 16.0. The Bertz CT molecular complexity index is 1190. The normalized spacial score (nSPS) is 18.2. The molecule has 0 aliphatic carbocycles. The Morgan fingerprint density at radius 2 is 2.00 bits per heavy atom. The van der Waals surface area contributed by atoms with Crippen molar-refractivity contribution in [1.29, 1.82) is 0 Å². The van der Waals surface area contributed by atoms with E-state index < -0.39 is 0 Å². The van der Waals surface area contributed by atoms with Gasteiger partial charge in [0.05, 0.1) is 41.7 Å². The molecule has 3 aromatic heterocycles. The maximum Gasteiger partial charge on any atom is 0.154 e.